The fraction of sp³-hybridized carbons (Fsp3) is 0.273. The fourth-order valence-corrected chi connectivity index (χ4v) is 5.26. The van der Waals surface area contributed by atoms with E-state index in [4.69, 9.17) is 5.11 Å². The predicted molar refractivity (Wildman–Crippen MR) is 159 cm³/mol. The summed E-state index contributed by atoms with van der Waals surface area (Å²) >= 11 is 0. The Morgan fingerprint density at radius 3 is 1.86 bits per heavy atom. The highest BCUT2D eigenvalue weighted by molar-refractivity contribution is 6.11. The summed E-state index contributed by atoms with van der Waals surface area (Å²) in [4.78, 5) is 25.0. The van der Waals surface area contributed by atoms with Crippen LogP contribution < -0.4 is 5.32 Å². The number of aliphatic carboxylic acids is 1. The van der Waals surface area contributed by atoms with Crippen molar-refractivity contribution < 1.29 is 38.8 Å². The Kier molecular flexibility index (Phi) is 9.95. The smallest absolute Gasteiger partial charge is 0.305 e. The van der Waals surface area contributed by atoms with E-state index in [0.29, 0.717) is 33.6 Å². The summed E-state index contributed by atoms with van der Waals surface area (Å²) in [6.45, 7) is 3.77. The summed E-state index contributed by atoms with van der Waals surface area (Å²) in [6, 6.07) is 17.1. The molecule has 0 fully saturated rings. The molecule has 4 rings (SSSR count). The van der Waals surface area contributed by atoms with Crippen LogP contribution in [0.25, 0.3) is 22.3 Å². The first-order valence-corrected chi connectivity index (χ1v) is 13.9. The molecule has 1 amide bonds. The maximum Gasteiger partial charge on any atom is 0.305 e. The number of aromatic hydroxyl groups is 1. The highest BCUT2D eigenvalue weighted by Crippen LogP contribution is 2.43. The summed E-state index contributed by atoms with van der Waals surface area (Å²) in [6.07, 6.45) is -2.59. The van der Waals surface area contributed by atoms with Crippen LogP contribution in [0.2, 0.25) is 0 Å². The molecule has 43 heavy (non-hydrogen) atoms. The summed E-state index contributed by atoms with van der Waals surface area (Å²) in [5.74, 6) is -2.55. The van der Waals surface area contributed by atoms with Gasteiger partial charge in [0.25, 0.3) is 5.91 Å². The molecular formula is C33H34F2N2O6. The van der Waals surface area contributed by atoms with E-state index >= 15 is 0 Å². The fourth-order valence-electron chi connectivity index (χ4n) is 5.26. The number of carboxylic acids is 1. The lowest BCUT2D eigenvalue weighted by atomic mass is 9.92. The molecule has 0 aliphatic heterocycles. The molecule has 0 unspecified atom stereocenters. The number of nitrogens with zero attached hydrogens (tertiary/aromatic N) is 1. The van der Waals surface area contributed by atoms with Gasteiger partial charge in [-0.15, -0.1) is 0 Å². The number of halogens is 2. The number of aromatic nitrogens is 1. The Hall–Kier alpha value is -4.54. The van der Waals surface area contributed by atoms with Crippen molar-refractivity contribution >= 4 is 17.6 Å². The predicted octanol–water partition coefficient (Wildman–Crippen LogP) is 6.16. The van der Waals surface area contributed by atoms with Crippen molar-refractivity contribution in [2.75, 3.05) is 5.32 Å². The highest BCUT2D eigenvalue weighted by Gasteiger charge is 2.30. The third kappa shape index (κ3) is 7.65. The Morgan fingerprint density at radius 1 is 0.814 bits per heavy atom. The van der Waals surface area contributed by atoms with Gasteiger partial charge in [-0.05, 0) is 92.8 Å². The largest absolute Gasteiger partial charge is 0.508 e. The number of aliphatic hydroxyl groups excluding tert-OH is 2. The van der Waals surface area contributed by atoms with Gasteiger partial charge in [0.05, 0.1) is 18.6 Å². The Morgan fingerprint density at radius 2 is 1.35 bits per heavy atom. The SMILES string of the molecule is CC(C)n1c(CC[C@@H](O)C[C@@H](O)CC(=O)O)c(-c2ccc(F)cc2)c(-c2ccc(F)cc2)c1C(=O)Nc1ccc(O)cc1. The topological polar surface area (TPSA) is 132 Å². The minimum Gasteiger partial charge on any atom is -0.508 e. The molecule has 0 saturated heterocycles. The van der Waals surface area contributed by atoms with Gasteiger partial charge in [-0.1, -0.05) is 24.3 Å². The minimum absolute atomic E-state index is 0.0310. The molecule has 0 saturated carbocycles. The molecule has 1 aromatic heterocycles. The molecule has 0 aliphatic carbocycles. The third-order valence-corrected chi connectivity index (χ3v) is 7.10. The number of amides is 1. The van der Waals surface area contributed by atoms with Crippen molar-refractivity contribution in [3.05, 3.63) is 95.8 Å². The van der Waals surface area contributed by atoms with Crippen LogP contribution in [0, 0.1) is 11.6 Å². The average molecular weight is 593 g/mol. The van der Waals surface area contributed by atoms with Gasteiger partial charge >= 0.3 is 5.97 Å². The summed E-state index contributed by atoms with van der Waals surface area (Å²) in [5.41, 5.74) is 3.52. The van der Waals surface area contributed by atoms with Crippen LogP contribution in [-0.2, 0) is 11.2 Å². The number of carbonyl (C=O) groups excluding carboxylic acids is 1. The zero-order valence-corrected chi connectivity index (χ0v) is 23.8. The first-order chi connectivity index (χ1) is 20.4. The van der Waals surface area contributed by atoms with E-state index in [1.165, 1.54) is 36.4 Å². The molecule has 10 heteroatoms. The van der Waals surface area contributed by atoms with Crippen molar-refractivity contribution in [1.82, 2.24) is 4.57 Å². The van der Waals surface area contributed by atoms with E-state index in [-0.39, 0.29) is 36.7 Å². The van der Waals surface area contributed by atoms with Crippen molar-refractivity contribution in [1.29, 1.82) is 0 Å². The molecule has 0 bridgehead atoms. The van der Waals surface area contributed by atoms with E-state index in [9.17, 15) is 33.7 Å². The first kappa shape index (κ1) is 31.4. The second kappa shape index (κ2) is 13.6. The Balaban J connectivity index is 1.91. The van der Waals surface area contributed by atoms with Gasteiger partial charge in [0.15, 0.2) is 0 Å². The van der Waals surface area contributed by atoms with Crippen LogP contribution in [0.1, 0.15) is 55.3 Å². The van der Waals surface area contributed by atoms with Gasteiger partial charge in [0.1, 0.15) is 23.1 Å². The number of carboxylic acid groups (broad SMARTS) is 1. The molecule has 1 heterocycles. The van der Waals surface area contributed by atoms with E-state index < -0.39 is 42.1 Å². The van der Waals surface area contributed by atoms with Crippen LogP contribution in [0.3, 0.4) is 0 Å². The number of phenolic OH excluding ortho intramolecular Hbond substituents is 1. The van der Waals surface area contributed by atoms with Crippen LogP contribution in [0.15, 0.2) is 72.8 Å². The second-order valence-electron chi connectivity index (χ2n) is 10.7. The molecule has 3 aromatic carbocycles. The molecule has 0 spiro atoms. The number of carbonyl (C=O) groups is 2. The standard InChI is InChI=1S/C33H34F2N2O6/c1-19(2)37-28(16-15-26(39)17-27(40)18-29(41)42)30(20-3-7-22(34)8-4-20)31(21-5-9-23(35)10-6-21)32(37)33(43)36-24-11-13-25(38)14-12-24/h3-14,19,26-27,38-40H,15-18H2,1-2H3,(H,36,43)(H,41,42)/t26-,27-/m1/s1. The van der Waals surface area contributed by atoms with Gasteiger partial charge in [-0.3, -0.25) is 9.59 Å². The molecule has 0 radical (unpaired) electrons. The summed E-state index contributed by atoms with van der Waals surface area (Å²) in [5, 5.41) is 42.3. The molecule has 2 atom stereocenters. The van der Waals surface area contributed by atoms with Gasteiger partial charge in [0, 0.05) is 28.6 Å². The summed E-state index contributed by atoms with van der Waals surface area (Å²) in [7, 11) is 0. The number of aliphatic hydroxyl groups is 2. The van der Waals surface area contributed by atoms with E-state index in [1.54, 1.807) is 36.4 Å². The zero-order chi connectivity index (χ0) is 31.3. The maximum atomic E-state index is 14.1. The molecule has 5 N–H and O–H groups in total. The van der Waals surface area contributed by atoms with Crippen LogP contribution in [0.4, 0.5) is 14.5 Å². The number of phenols is 1. The van der Waals surface area contributed by atoms with Gasteiger partial charge < -0.3 is 30.3 Å². The van der Waals surface area contributed by atoms with Gasteiger partial charge in [0.2, 0.25) is 0 Å². The number of benzene rings is 3. The Bertz CT molecular complexity index is 1570. The Labute approximate surface area is 247 Å². The maximum absolute atomic E-state index is 14.1. The lowest BCUT2D eigenvalue weighted by molar-refractivity contribution is -0.139. The number of rotatable bonds is 12. The average Bonchev–Trinajstić information content (AvgIpc) is 3.29. The number of anilines is 1. The van der Waals surface area contributed by atoms with Crippen LogP contribution in [-0.4, -0.2) is 49.1 Å². The van der Waals surface area contributed by atoms with Crippen molar-refractivity contribution in [3.8, 4) is 28.0 Å². The quantitative estimate of drug-likeness (QED) is 0.125. The lowest BCUT2D eigenvalue weighted by Gasteiger charge is -2.20. The van der Waals surface area contributed by atoms with E-state index in [1.807, 2.05) is 18.4 Å². The molecule has 8 nitrogen and oxygen atoms in total. The number of nitrogens with one attached hydrogen (secondary N) is 1. The second-order valence-corrected chi connectivity index (χ2v) is 10.7. The molecular weight excluding hydrogens is 558 g/mol. The number of hydrogen-bond donors (Lipinski definition) is 5. The summed E-state index contributed by atoms with van der Waals surface area (Å²) < 4.78 is 29.9. The molecule has 4 aromatic rings. The first-order valence-electron chi connectivity index (χ1n) is 13.9. The number of hydrogen-bond acceptors (Lipinski definition) is 5. The lowest BCUT2D eigenvalue weighted by Crippen LogP contribution is -2.22. The molecule has 0 aliphatic rings. The monoisotopic (exact) mass is 592 g/mol. The van der Waals surface area contributed by atoms with Crippen LogP contribution >= 0.6 is 0 Å². The van der Waals surface area contributed by atoms with Crippen molar-refractivity contribution in [2.24, 2.45) is 0 Å². The molecule has 226 valence electrons. The van der Waals surface area contributed by atoms with Crippen molar-refractivity contribution in [2.45, 2.75) is 57.8 Å². The zero-order valence-electron chi connectivity index (χ0n) is 23.8. The minimum atomic E-state index is -1.23. The van der Waals surface area contributed by atoms with Crippen molar-refractivity contribution in [3.63, 3.8) is 0 Å². The van der Waals surface area contributed by atoms with E-state index in [0.717, 1.165) is 0 Å². The van der Waals surface area contributed by atoms with Crippen LogP contribution in [0.5, 0.6) is 5.75 Å². The highest BCUT2D eigenvalue weighted by atomic mass is 19.1. The van der Waals surface area contributed by atoms with Gasteiger partial charge in [-0.2, -0.15) is 0 Å². The van der Waals surface area contributed by atoms with Gasteiger partial charge in [-0.25, -0.2) is 8.78 Å². The van der Waals surface area contributed by atoms with E-state index in [2.05, 4.69) is 5.32 Å². The third-order valence-electron chi connectivity index (χ3n) is 7.10. The normalized spacial score (nSPS) is 12.7.